The summed E-state index contributed by atoms with van der Waals surface area (Å²) >= 11 is 0. The number of hydrogen-bond donors (Lipinski definition) is 1. The maximum absolute atomic E-state index is 5.72. The van der Waals surface area contributed by atoms with E-state index in [2.05, 4.69) is 21.7 Å². The monoisotopic (exact) mass is 278 g/mol. The molecule has 0 aliphatic carbocycles. The van der Waals surface area contributed by atoms with Crippen molar-refractivity contribution in [1.29, 1.82) is 0 Å². The van der Waals surface area contributed by atoms with E-state index in [1.54, 1.807) is 7.11 Å². The highest BCUT2D eigenvalue weighted by Crippen LogP contribution is 2.30. The van der Waals surface area contributed by atoms with Gasteiger partial charge in [-0.2, -0.15) is 4.98 Å². The smallest absolute Gasteiger partial charge is 0.239 e. The summed E-state index contributed by atoms with van der Waals surface area (Å²) in [5, 5.41) is 0. The number of nitrogen functional groups attached to an aromatic ring is 1. The average Bonchev–Trinajstić information content (AvgIpc) is 2.37. The maximum atomic E-state index is 5.72. The summed E-state index contributed by atoms with van der Waals surface area (Å²) in [5.41, 5.74) is 6.75. The van der Waals surface area contributed by atoms with E-state index in [1.165, 1.54) is 0 Å². The van der Waals surface area contributed by atoms with E-state index in [1.807, 2.05) is 12.1 Å². The van der Waals surface area contributed by atoms with Crippen LogP contribution in [0.3, 0.4) is 0 Å². The summed E-state index contributed by atoms with van der Waals surface area (Å²) < 4.78 is 10.7. The fourth-order valence-electron chi connectivity index (χ4n) is 2.93. The largest absolute Gasteiger partial charge is 0.479 e. The quantitative estimate of drug-likeness (QED) is 0.872. The van der Waals surface area contributed by atoms with E-state index in [0.29, 0.717) is 23.8 Å². The van der Waals surface area contributed by atoms with Crippen LogP contribution in [0.15, 0.2) is 12.1 Å². The minimum absolute atomic E-state index is 0.420. The van der Waals surface area contributed by atoms with Crippen LogP contribution in [0.1, 0.15) is 6.92 Å². The van der Waals surface area contributed by atoms with Gasteiger partial charge in [0, 0.05) is 25.7 Å². The molecule has 0 spiro atoms. The van der Waals surface area contributed by atoms with Crippen LogP contribution in [0.2, 0.25) is 0 Å². The Balaban J connectivity index is 1.74. The van der Waals surface area contributed by atoms with Crippen molar-refractivity contribution in [3.63, 3.8) is 0 Å². The molecule has 0 aromatic carbocycles. The van der Waals surface area contributed by atoms with Crippen molar-refractivity contribution in [3.8, 4) is 5.88 Å². The van der Waals surface area contributed by atoms with Crippen molar-refractivity contribution in [3.05, 3.63) is 12.1 Å². The van der Waals surface area contributed by atoms with Crippen molar-refractivity contribution < 1.29 is 9.47 Å². The molecular weight excluding hydrogens is 256 g/mol. The first kappa shape index (κ1) is 13.5. The van der Waals surface area contributed by atoms with Crippen LogP contribution in [0.25, 0.3) is 0 Å². The van der Waals surface area contributed by atoms with Crippen molar-refractivity contribution in [2.45, 2.75) is 19.0 Å². The first-order chi connectivity index (χ1) is 9.69. The van der Waals surface area contributed by atoms with Gasteiger partial charge in [0.05, 0.1) is 26.4 Å². The molecule has 2 N–H and O–H groups in total. The van der Waals surface area contributed by atoms with Crippen LogP contribution in [0, 0.1) is 0 Å². The molecule has 2 saturated heterocycles. The molecule has 110 valence electrons. The fraction of sp³-hybridized carbons (Fsp3) is 0.643. The zero-order chi connectivity index (χ0) is 14.1. The molecule has 2 fully saturated rings. The summed E-state index contributed by atoms with van der Waals surface area (Å²) in [5.74, 6) is 1.10. The molecule has 3 heterocycles. The number of piperazine rings is 1. The summed E-state index contributed by atoms with van der Waals surface area (Å²) in [6.45, 7) is 7.05. The van der Waals surface area contributed by atoms with Gasteiger partial charge >= 0.3 is 0 Å². The third-order valence-corrected chi connectivity index (χ3v) is 4.16. The highest BCUT2D eigenvalue weighted by atomic mass is 16.5. The molecule has 0 unspecified atom stereocenters. The molecule has 0 radical (unpaired) electrons. The number of ether oxygens (including phenoxy) is 2. The molecule has 1 aromatic heterocycles. The van der Waals surface area contributed by atoms with Gasteiger partial charge in [-0.1, -0.05) is 0 Å². The summed E-state index contributed by atoms with van der Waals surface area (Å²) in [6, 6.07) is 4.85. The van der Waals surface area contributed by atoms with Crippen LogP contribution in [-0.4, -0.2) is 61.9 Å². The second-order valence-electron chi connectivity index (χ2n) is 5.49. The minimum Gasteiger partial charge on any atom is -0.479 e. The fourth-order valence-corrected chi connectivity index (χ4v) is 2.93. The molecular formula is C14H22N4O2. The van der Waals surface area contributed by atoms with E-state index >= 15 is 0 Å². The number of nitrogens with zero attached hydrogens (tertiary/aromatic N) is 3. The van der Waals surface area contributed by atoms with Crippen LogP contribution in [0.4, 0.5) is 11.5 Å². The third-order valence-electron chi connectivity index (χ3n) is 4.16. The zero-order valence-electron chi connectivity index (χ0n) is 12.1. The summed E-state index contributed by atoms with van der Waals surface area (Å²) in [7, 11) is 1.64. The third kappa shape index (κ3) is 2.41. The molecule has 3 rings (SSSR count). The molecule has 2 aliphatic rings. The number of aromatic nitrogens is 1. The molecule has 1 aromatic rings. The normalized spacial score (nSPS) is 24.5. The lowest BCUT2D eigenvalue weighted by atomic mass is 10.1. The lowest BCUT2D eigenvalue weighted by Crippen LogP contribution is -2.59. The lowest BCUT2D eigenvalue weighted by Gasteiger charge is -2.46. The van der Waals surface area contributed by atoms with Crippen LogP contribution in [-0.2, 0) is 4.74 Å². The lowest BCUT2D eigenvalue weighted by molar-refractivity contribution is -0.0691. The second-order valence-corrected chi connectivity index (χ2v) is 5.49. The average molecular weight is 278 g/mol. The number of pyridine rings is 1. The van der Waals surface area contributed by atoms with Crippen LogP contribution in [0.5, 0.6) is 5.88 Å². The van der Waals surface area contributed by atoms with Gasteiger partial charge in [0.1, 0.15) is 11.5 Å². The van der Waals surface area contributed by atoms with Gasteiger partial charge in [-0.25, -0.2) is 0 Å². The van der Waals surface area contributed by atoms with Gasteiger partial charge in [0.2, 0.25) is 5.88 Å². The number of methoxy groups -OCH3 is 1. The highest BCUT2D eigenvalue weighted by Gasteiger charge is 2.33. The maximum Gasteiger partial charge on any atom is 0.239 e. The molecule has 0 bridgehead atoms. The summed E-state index contributed by atoms with van der Waals surface area (Å²) in [6.07, 6.45) is 0. The van der Waals surface area contributed by atoms with Gasteiger partial charge in [-0.15, -0.1) is 0 Å². The first-order valence-corrected chi connectivity index (χ1v) is 7.08. The van der Waals surface area contributed by atoms with Crippen molar-refractivity contribution in [2.75, 3.05) is 50.6 Å². The van der Waals surface area contributed by atoms with Crippen molar-refractivity contribution in [2.24, 2.45) is 0 Å². The molecule has 0 amide bonds. The van der Waals surface area contributed by atoms with E-state index in [-0.39, 0.29) is 0 Å². The van der Waals surface area contributed by atoms with Crippen molar-refractivity contribution >= 4 is 11.5 Å². The SMILES string of the molecule is COc1nc(N)ccc1N1CCN(C2COC2)C[C@H]1C. The Hall–Kier alpha value is -1.53. The van der Waals surface area contributed by atoms with E-state index in [0.717, 1.165) is 38.5 Å². The number of hydrogen-bond acceptors (Lipinski definition) is 6. The number of anilines is 2. The topological polar surface area (TPSA) is 63.9 Å². The first-order valence-electron chi connectivity index (χ1n) is 7.08. The highest BCUT2D eigenvalue weighted by molar-refractivity contribution is 5.59. The molecule has 2 aliphatic heterocycles. The Labute approximate surface area is 119 Å². The standard InChI is InChI=1S/C14H22N4O2/c1-10-7-17(11-8-20-9-11)5-6-18(10)12-3-4-13(15)16-14(12)19-2/h3-4,10-11H,5-9H2,1-2H3,(H2,15,16)/t10-/m1/s1. The molecule has 6 nitrogen and oxygen atoms in total. The molecule has 1 atom stereocenters. The Bertz CT molecular complexity index is 478. The Kier molecular flexibility index (Phi) is 3.67. The molecule has 6 heteroatoms. The molecule has 0 saturated carbocycles. The zero-order valence-corrected chi connectivity index (χ0v) is 12.1. The van der Waals surface area contributed by atoms with Gasteiger partial charge in [-0.05, 0) is 19.1 Å². The van der Waals surface area contributed by atoms with Gasteiger partial charge in [0.15, 0.2) is 0 Å². The van der Waals surface area contributed by atoms with Gasteiger partial charge in [0.25, 0.3) is 0 Å². The molecule has 20 heavy (non-hydrogen) atoms. The van der Waals surface area contributed by atoms with Gasteiger partial charge < -0.3 is 20.1 Å². The Morgan fingerprint density at radius 2 is 2.15 bits per heavy atom. The number of rotatable bonds is 3. The van der Waals surface area contributed by atoms with E-state index in [4.69, 9.17) is 15.2 Å². The number of nitrogens with two attached hydrogens (primary N) is 1. The predicted octanol–water partition coefficient (Wildman–Crippen LogP) is 0.582. The van der Waals surface area contributed by atoms with Crippen LogP contribution >= 0.6 is 0 Å². The Morgan fingerprint density at radius 1 is 1.35 bits per heavy atom. The van der Waals surface area contributed by atoms with Gasteiger partial charge in [-0.3, -0.25) is 4.90 Å². The van der Waals surface area contributed by atoms with Crippen molar-refractivity contribution in [1.82, 2.24) is 9.88 Å². The second kappa shape index (κ2) is 5.46. The minimum atomic E-state index is 0.420. The predicted molar refractivity (Wildman–Crippen MR) is 78.2 cm³/mol. The van der Waals surface area contributed by atoms with Crippen LogP contribution < -0.4 is 15.4 Å². The summed E-state index contributed by atoms with van der Waals surface area (Å²) in [4.78, 5) is 9.13. The van der Waals surface area contributed by atoms with E-state index in [9.17, 15) is 0 Å². The van der Waals surface area contributed by atoms with E-state index < -0.39 is 0 Å². The Morgan fingerprint density at radius 3 is 2.75 bits per heavy atom.